The van der Waals surface area contributed by atoms with Gasteiger partial charge in [-0.1, -0.05) is 42.6 Å². The summed E-state index contributed by atoms with van der Waals surface area (Å²) in [5, 5.41) is 1.07. The number of ether oxygens (including phenoxy) is 1. The van der Waals surface area contributed by atoms with Gasteiger partial charge in [0.05, 0.1) is 16.5 Å². The van der Waals surface area contributed by atoms with Crippen molar-refractivity contribution in [2.75, 3.05) is 0 Å². The maximum atomic E-state index is 5.05. The van der Waals surface area contributed by atoms with Crippen molar-refractivity contribution in [1.29, 1.82) is 0 Å². The molecule has 0 heterocycles. The Bertz CT molecular complexity index is 318. The van der Waals surface area contributed by atoms with Gasteiger partial charge in [0.25, 0.3) is 0 Å². The Hall–Kier alpha value is -1.28. The molecule has 1 nitrogen and oxygen atoms in total. The van der Waals surface area contributed by atoms with Crippen LogP contribution in [0.25, 0.3) is 0 Å². The van der Waals surface area contributed by atoms with Gasteiger partial charge < -0.3 is 4.74 Å². The van der Waals surface area contributed by atoms with Crippen molar-refractivity contribution in [3.8, 4) is 0 Å². The maximum absolute atomic E-state index is 5.05. The van der Waals surface area contributed by atoms with Crippen LogP contribution < -0.4 is 5.19 Å². The van der Waals surface area contributed by atoms with Gasteiger partial charge in [0.1, 0.15) is 5.76 Å². The molecule has 0 aliphatic carbocycles. The zero-order valence-electron chi connectivity index (χ0n) is 7.42. The Kier molecular flexibility index (Phi) is 3.52. The Labute approximate surface area is 82.2 Å². The molecule has 0 saturated carbocycles. The summed E-state index contributed by atoms with van der Waals surface area (Å²) >= 11 is 0. The van der Waals surface area contributed by atoms with Gasteiger partial charge in [-0.2, -0.15) is 0 Å². The zero-order chi connectivity index (χ0) is 9.68. The van der Waals surface area contributed by atoms with Crippen molar-refractivity contribution in [3.05, 3.63) is 55.0 Å². The van der Waals surface area contributed by atoms with Gasteiger partial charge in [0, 0.05) is 6.42 Å². The average Bonchev–Trinajstić information content (AvgIpc) is 2.09. The molecule has 0 aliphatic rings. The van der Waals surface area contributed by atoms with Crippen LogP contribution >= 0.6 is 0 Å². The van der Waals surface area contributed by atoms with Crippen LogP contribution in [0.5, 0.6) is 0 Å². The van der Waals surface area contributed by atoms with Gasteiger partial charge in [0.15, 0.2) is 0 Å². The minimum atomic E-state index is 0.695. The number of hydrogen-bond donors (Lipinski definition) is 0. The first-order valence-electron chi connectivity index (χ1n) is 3.99. The summed E-state index contributed by atoms with van der Waals surface area (Å²) in [6.07, 6.45) is 2.09. The summed E-state index contributed by atoms with van der Waals surface area (Å²) in [4.78, 5) is 0. The van der Waals surface area contributed by atoms with Crippen molar-refractivity contribution < 1.29 is 4.74 Å². The van der Waals surface area contributed by atoms with Crippen LogP contribution in [0, 0.1) is 0 Å². The van der Waals surface area contributed by atoms with E-state index in [4.69, 9.17) is 4.74 Å². The maximum Gasteiger partial charge on any atom is 0.100 e. The van der Waals surface area contributed by atoms with Crippen molar-refractivity contribution in [3.63, 3.8) is 0 Å². The van der Waals surface area contributed by atoms with E-state index in [2.05, 4.69) is 23.4 Å². The summed E-state index contributed by atoms with van der Waals surface area (Å²) in [7, 11) is 3.50. The molecule has 1 aromatic carbocycles. The Balaban J connectivity index is 2.68. The quantitative estimate of drug-likeness (QED) is 0.515. The molecular formula is C11H11OSi. The van der Waals surface area contributed by atoms with E-state index in [1.54, 1.807) is 0 Å². The summed E-state index contributed by atoms with van der Waals surface area (Å²) in [6.45, 7) is 7.24. The second-order valence-corrected chi connectivity index (χ2v) is 3.20. The molecule has 0 N–H and O–H groups in total. The summed E-state index contributed by atoms with van der Waals surface area (Å²) in [5.41, 5.74) is 1.16. The van der Waals surface area contributed by atoms with Crippen LogP contribution in [0.15, 0.2) is 49.4 Å². The zero-order valence-corrected chi connectivity index (χ0v) is 8.42. The van der Waals surface area contributed by atoms with E-state index >= 15 is 0 Å². The third-order valence-electron chi connectivity index (χ3n) is 1.65. The molecule has 2 heteroatoms. The minimum Gasteiger partial charge on any atom is -0.470 e. The van der Waals surface area contributed by atoms with E-state index in [1.807, 2.05) is 24.3 Å². The Morgan fingerprint density at radius 3 is 2.77 bits per heavy atom. The average molecular weight is 187 g/mol. The van der Waals surface area contributed by atoms with E-state index in [0.29, 0.717) is 12.2 Å². The third-order valence-corrected chi connectivity index (χ3v) is 2.14. The highest BCUT2D eigenvalue weighted by Gasteiger charge is 1.99. The van der Waals surface area contributed by atoms with Gasteiger partial charge >= 0.3 is 0 Å². The molecule has 1 aromatic rings. The molecule has 0 saturated heterocycles. The minimum absolute atomic E-state index is 0.695. The van der Waals surface area contributed by atoms with Gasteiger partial charge in [0.2, 0.25) is 0 Å². The highest BCUT2D eigenvalue weighted by atomic mass is 28.1. The highest BCUT2D eigenvalue weighted by molar-refractivity contribution is 6.33. The smallest absolute Gasteiger partial charge is 0.100 e. The number of hydrogen-bond acceptors (Lipinski definition) is 1. The molecule has 0 amide bonds. The summed E-state index contributed by atoms with van der Waals surface area (Å²) < 4.78 is 5.05. The van der Waals surface area contributed by atoms with E-state index < -0.39 is 0 Å². The number of benzene rings is 1. The van der Waals surface area contributed by atoms with Gasteiger partial charge in [-0.3, -0.25) is 0 Å². The standard InChI is InChI=1S/C11H11OSi/c1-3-12-9(2)8-10-6-4-5-7-11(10)13/h3-7H,1-2,8H2. The van der Waals surface area contributed by atoms with E-state index in [1.165, 1.54) is 6.26 Å². The molecule has 0 unspecified atom stereocenters. The fourth-order valence-electron chi connectivity index (χ4n) is 1.05. The van der Waals surface area contributed by atoms with Crippen LogP contribution in [0.3, 0.4) is 0 Å². The lowest BCUT2D eigenvalue weighted by Gasteiger charge is -2.06. The molecule has 0 atom stereocenters. The van der Waals surface area contributed by atoms with Crippen molar-refractivity contribution >= 4 is 15.4 Å². The van der Waals surface area contributed by atoms with Gasteiger partial charge in [-0.25, -0.2) is 0 Å². The molecule has 0 spiro atoms. The predicted molar refractivity (Wildman–Crippen MR) is 56.0 cm³/mol. The first kappa shape index (κ1) is 9.80. The van der Waals surface area contributed by atoms with Crippen molar-refractivity contribution in [1.82, 2.24) is 0 Å². The normalized spacial score (nSPS) is 9.31. The molecule has 3 radical (unpaired) electrons. The lowest BCUT2D eigenvalue weighted by molar-refractivity contribution is 0.345. The first-order valence-corrected chi connectivity index (χ1v) is 4.49. The summed E-state index contributed by atoms with van der Waals surface area (Å²) in [5.74, 6) is 0.695. The molecule has 0 aliphatic heterocycles. The first-order chi connectivity index (χ1) is 6.24. The van der Waals surface area contributed by atoms with Gasteiger partial charge in [-0.05, 0) is 5.56 Å². The molecule has 0 bridgehead atoms. The molecule has 0 aromatic heterocycles. The fourth-order valence-corrected chi connectivity index (χ4v) is 1.31. The second kappa shape index (κ2) is 4.67. The lowest BCUT2D eigenvalue weighted by Crippen LogP contribution is -2.10. The lowest BCUT2D eigenvalue weighted by atomic mass is 10.1. The molecule has 0 fully saturated rings. The Morgan fingerprint density at radius 1 is 1.46 bits per heavy atom. The largest absolute Gasteiger partial charge is 0.470 e. The molecule has 1 rings (SSSR count). The monoisotopic (exact) mass is 187 g/mol. The van der Waals surface area contributed by atoms with Crippen molar-refractivity contribution in [2.45, 2.75) is 6.42 Å². The van der Waals surface area contributed by atoms with E-state index in [-0.39, 0.29) is 0 Å². The van der Waals surface area contributed by atoms with E-state index in [9.17, 15) is 0 Å². The Morgan fingerprint density at radius 2 is 2.15 bits per heavy atom. The third kappa shape index (κ3) is 2.91. The predicted octanol–water partition coefficient (Wildman–Crippen LogP) is 1.70. The highest BCUT2D eigenvalue weighted by Crippen LogP contribution is 2.04. The topological polar surface area (TPSA) is 9.23 Å². The second-order valence-electron chi connectivity index (χ2n) is 2.66. The number of allylic oxidation sites excluding steroid dienone is 1. The van der Waals surface area contributed by atoms with E-state index in [0.717, 1.165) is 10.8 Å². The molecular weight excluding hydrogens is 176 g/mol. The SMILES string of the molecule is C=COC(=C)Cc1ccccc1[Si]. The number of rotatable bonds is 4. The van der Waals surface area contributed by atoms with Crippen molar-refractivity contribution in [2.24, 2.45) is 0 Å². The summed E-state index contributed by atoms with van der Waals surface area (Å²) in [6, 6.07) is 7.98. The molecule has 65 valence electrons. The van der Waals surface area contributed by atoms with Crippen LogP contribution in [-0.4, -0.2) is 10.2 Å². The fraction of sp³-hybridized carbons (Fsp3) is 0.0909. The van der Waals surface area contributed by atoms with Gasteiger partial charge in [-0.15, -0.1) is 0 Å². The van der Waals surface area contributed by atoms with Crippen LogP contribution in [0.1, 0.15) is 5.56 Å². The van der Waals surface area contributed by atoms with Crippen LogP contribution in [0.2, 0.25) is 0 Å². The molecule has 13 heavy (non-hydrogen) atoms. The van der Waals surface area contributed by atoms with Crippen LogP contribution in [0.4, 0.5) is 0 Å². The van der Waals surface area contributed by atoms with Crippen LogP contribution in [-0.2, 0) is 11.2 Å².